The van der Waals surface area contributed by atoms with Crippen molar-refractivity contribution < 1.29 is 17.6 Å². The van der Waals surface area contributed by atoms with Gasteiger partial charge in [-0.05, 0) is 60.5 Å². The standard InChI is InChI=1S/C23H22BrFN2O3S/c1-26(21-11-9-20(25)10-12-21)23(28)17-27(16-15-18-5-3-2-4-6-18)31(29,30)22-13-7-19(24)8-14-22/h2-14H,15-17H2,1H3. The molecule has 1 amide bonds. The van der Waals surface area contributed by atoms with E-state index >= 15 is 0 Å². The normalized spacial score (nSPS) is 11.5. The lowest BCUT2D eigenvalue weighted by molar-refractivity contribution is -0.118. The van der Waals surface area contributed by atoms with Gasteiger partial charge in [-0.1, -0.05) is 46.3 Å². The van der Waals surface area contributed by atoms with Gasteiger partial charge in [0.05, 0.1) is 11.4 Å². The predicted molar refractivity (Wildman–Crippen MR) is 123 cm³/mol. The molecule has 0 saturated heterocycles. The number of rotatable bonds is 8. The fourth-order valence-corrected chi connectivity index (χ4v) is 4.66. The van der Waals surface area contributed by atoms with Gasteiger partial charge in [-0.2, -0.15) is 4.31 Å². The minimum atomic E-state index is -3.90. The quantitative estimate of drug-likeness (QED) is 0.454. The molecular weight excluding hydrogens is 483 g/mol. The lowest BCUT2D eigenvalue weighted by atomic mass is 10.1. The molecule has 3 aromatic rings. The fraction of sp³-hybridized carbons (Fsp3) is 0.174. The Morgan fingerprint density at radius 1 is 0.935 bits per heavy atom. The van der Waals surface area contributed by atoms with Gasteiger partial charge in [-0.15, -0.1) is 0 Å². The maximum Gasteiger partial charge on any atom is 0.243 e. The van der Waals surface area contributed by atoms with Crippen molar-refractivity contribution in [3.05, 3.63) is 94.7 Å². The minimum Gasteiger partial charge on any atom is -0.314 e. The summed E-state index contributed by atoms with van der Waals surface area (Å²) < 4.78 is 41.7. The first-order valence-corrected chi connectivity index (χ1v) is 11.8. The van der Waals surface area contributed by atoms with Crippen LogP contribution in [0.3, 0.4) is 0 Å². The number of hydrogen-bond donors (Lipinski definition) is 0. The van der Waals surface area contributed by atoms with E-state index in [4.69, 9.17) is 0 Å². The summed E-state index contributed by atoms with van der Waals surface area (Å²) in [6.07, 6.45) is 0.462. The van der Waals surface area contributed by atoms with Gasteiger partial charge in [-0.25, -0.2) is 12.8 Å². The summed E-state index contributed by atoms with van der Waals surface area (Å²) in [5.41, 5.74) is 1.45. The summed E-state index contributed by atoms with van der Waals surface area (Å²) in [6.45, 7) is -0.190. The highest BCUT2D eigenvalue weighted by Crippen LogP contribution is 2.20. The van der Waals surface area contributed by atoms with Crippen molar-refractivity contribution in [1.29, 1.82) is 0 Å². The van der Waals surface area contributed by atoms with Crippen LogP contribution < -0.4 is 4.90 Å². The summed E-state index contributed by atoms with van der Waals surface area (Å²) in [5.74, 6) is -0.827. The van der Waals surface area contributed by atoms with E-state index < -0.39 is 21.7 Å². The van der Waals surface area contributed by atoms with Gasteiger partial charge in [0.2, 0.25) is 15.9 Å². The van der Waals surface area contributed by atoms with Crippen LogP contribution in [0.4, 0.5) is 10.1 Å². The molecule has 162 valence electrons. The molecule has 8 heteroatoms. The Bertz CT molecular complexity index is 1120. The van der Waals surface area contributed by atoms with E-state index in [0.29, 0.717) is 12.1 Å². The van der Waals surface area contributed by atoms with Gasteiger partial charge in [0, 0.05) is 23.8 Å². The monoisotopic (exact) mass is 504 g/mol. The lowest BCUT2D eigenvalue weighted by Crippen LogP contribution is -2.42. The number of carbonyl (C=O) groups is 1. The number of amides is 1. The Balaban J connectivity index is 1.84. The molecule has 0 atom stereocenters. The molecule has 0 fully saturated rings. The number of benzene rings is 3. The number of nitrogens with zero attached hydrogens (tertiary/aromatic N) is 2. The zero-order chi connectivity index (χ0) is 22.4. The first-order chi connectivity index (χ1) is 14.8. The molecule has 0 spiro atoms. The van der Waals surface area contributed by atoms with Crippen LogP contribution in [0.5, 0.6) is 0 Å². The molecule has 0 aromatic heterocycles. The summed E-state index contributed by atoms with van der Waals surface area (Å²) in [7, 11) is -2.36. The number of anilines is 1. The average molecular weight is 505 g/mol. The van der Waals surface area contributed by atoms with Gasteiger partial charge in [0.1, 0.15) is 5.82 Å². The lowest BCUT2D eigenvalue weighted by Gasteiger charge is -2.25. The Labute approximate surface area is 190 Å². The molecule has 3 aromatic carbocycles. The van der Waals surface area contributed by atoms with Crippen LogP contribution in [0, 0.1) is 5.82 Å². The van der Waals surface area contributed by atoms with Crippen molar-refractivity contribution in [3.8, 4) is 0 Å². The highest BCUT2D eigenvalue weighted by Gasteiger charge is 2.28. The Kier molecular flexibility index (Phi) is 7.59. The molecule has 0 N–H and O–H groups in total. The molecule has 31 heavy (non-hydrogen) atoms. The van der Waals surface area contributed by atoms with Crippen molar-refractivity contribution in [3.63, 3.8) is 0 Å². The second-order valence-electron chi connectivity index (χ2n) is 6.96. The van der Waals surface area contributed by atoms with Crippen LogP contribution in [-0.2, 0) is 21.2 Å². The minimum absolute atomic E-state index is 0.112. The van der Waals surface area contributed by atoms with Crippen LogP contribution in [0.1, 0.15) is 5.56 Å². The van der Waals surface area contributed by atoms with Crippen LogP contribution >= 0.6 is 15.9 Å². The highest BCUT2D eigenvalue weighted by atomic mass is 79.9. The van der Waals surface area contributed by atoms with Crippen molar-refractivity contribution in [1.82, 2.24) is 4.31 Å². The van der Waals surface area contributed by atoms with Gasteiger partial charge in [0.25, 0.3) is 0 Å². The molecular formula is C23H22BrFN2O3S. The Morgan fingerprint density at radius 2 is 1.55 bits per heavy atom. The van der Waals surface area contributed by atoms with Gasteiger partial charge < -0.3 is 4.90 Å². The maximum absolute atomic E-state index is 13.3. The SMILES string of the molecule is CN(C(=O)CN(CCc1ccccc1)S(=O)(=O)c1ccc(Br)cc1)c1ccc(F)cc1. The molecule has 5 nitrogen and oxygen atoms in total. The van der Waals surface area contributed by atoms with Gasteiger partial charge in [-0.3, -0.25) is 4.79 Å². The first kappa shape index (κ1) is 23.1. The van der Waals surface area contributed by atoms with Crippen LogP contribution in [0.2, 0.25) is 0 Å². The van der Waals surface area contributed by atoms with Crippen LogP contribution in [-0.4, -0.2) is 38.8 Å². The topological polar surface area (TPSA) is 57.7 Å². The summed E-state index contributed by atoms with van der Waals surface area (Å²) in [5, 5.41) is 0. The number of sulfonamides is 1. The third-order valence-corrected chi connectivity index (χ3v) is 7.23. The number of hydrogen-bond acceptors (Lipinski definition) is 3. The van der Waals surface area contributed by atoms with Crippen molar-refractivity contribution in [2.45, 2.75) is 11.3 Å². The third kappa shape index (κ3) is 6.00. The summed E-state index contributed by atoms with van der Waals surface area (Å²) >= 11 is 3.30. The molecule has 0 heterocycles. The van der Waals surface area contributed by atoms with Crippen molar-refractivity contribution in [2.24, 2.45) is 0 Å². The van der Waals surface area contributed by atoms with E-state index in [-0.39, 0.29) is 18.0 Å². The highest BCUT2D eigenvalue weighted by molar-refractivity contribution is 9.10. The van der Waals surface area contributed by atoms with E-state index in [1.807, 2.05) is 30.3 Å². The second-order valence-corrected chi connectivity index (χ2v) is 9.81. The van der Waals surface area contributed by atoms with Gasteiger partial charge >= 0.3 is 0 Å². The van der Waals surface area contributed by atoms with E-state index in [2.05, 4.69) is 15.9 Å². The molecule has 0 unspecified atom stereocenters. The van der Waals surface area contributed by atoms with E-state index in [9.17, 15) is 17.6 Å². The average Bonchev–Trinajstić information content (AvgIpc) is 2.77. The van der Waals surface area contributed by atoms with Crippen LogP contribution in [0.15, 0.2) is 88.2 Å². The maximum atomic E-state index is 13.3. The molecule has 0 saturated carbocycles. The zero-order valence-electron chi connectivity index (χ0n) is 16.9. The molecule has 0 aliphatic carbocycles. The number of likely N-dealkylation sites (N-methyl/N-ethyl adjacent to an activating group) is 1. The smallest absolute Gasteiger partial charge is 0.243 e. The zero-order valence-corrected chi connectivity index (χ0v) is 19.3. The molecule has 0 aliphatic rings. The van der Waals surface area contributed by atoms with E-state index in [0.717, 1.165) is 10.0 Å². The van der Waals surface area contributed by atoms with E-state index in [1.54, 1.807) is 12.1 Å². The third-order valence-electron chi connectivity index (χ3n) is 4.84. The molecule has 0 bridgehead atoms. The fourth-order valence-electron chi connectivity index (χ4n) is 3.00. The Hall–Kier alpha value is -2.55. The second kappa shape index (κ2) is 10.2. The number of halogens is 2. The largest absolute Gasteiger partial charge is 0.314 e. The first-order valence-electron chi connectivity index (χ1n) is 9.59. The van der Waals surface area contributed by atoms with E-state index in [1.165, 1.54) is 52.7 Å². The Morgan fingerprint density at radius 3 is 2.16 bits per heavy atom. The van der Waals surface area contributed by atoms with Crippen molar-refractivity contribution in [2.75, 3.05) is 25.0 Å². The summed E-state index contributed by atoms with van der Waals surface area (Å²) in [4.78, 5) is 14.3. The molecule has 0 aliphatic heterocycles. The van der Waals surface area contributed by atoms with Crippen molar-refractivity contribution >= 4 is 37.5 Å². The number of carbonyl (C=O) groups excluding carboxylic acids is 1. The summed E-state index contributed by atoms with van der Waals surface area (Å²) in [6, 6.07) is 21.3. The van der Waals surface area contributed by atoms with Gasteiger partial charge in [0.15, 0.2) is 0 Å². The van der Waals surface area contributed by atoms with Crippen LogP contribution in [0.25, 0.3) is 0 Å². The molecule has 0 radical (unpaired) electrons. The molecule has 3 rings (SSSR count). The predicted octanol–water partition coefficient (Wildman–Crippen LogP) is 4.48.